The summed E-state index contributed by atoms with van der Waals surface area (Å²) < 4.78 is 0. The summed E-state index contributed by atoms with van der Waals surface area (Å²) in [4.78, 5) is 22.4. The molecule has 2 unspecified atom stereocenters. The Bertz CT molecular complexity index is 499. The first-order valence-electron chi connectivity index (χ1n) is 7.43. The van der Waals surface area contributed by atoms with Crippen molar-refractivity contribution in [2.24, 2.45) is 5.92 Å². The highest BCUT2D eigenvalue weighted by molar-refractivity contribution is 5.89. The van der Waals surface area contributed by atoms with Crippen LogP contribution in [0, 0.1) is 5.92 Å². The molecule has 21 heavy (non-hydrogen) atoms. The SMILES string of the molecule is CC1CCCC1NC(=O)Nc1ccc(CCC(=O)O)cc1. The molecule has 1 aromatic rings. The predicted octanol–water partition coefficient (Wildman–Crippen LogP) is 3.01. The van der Waals surface area contributed by atoms with Crippen molar-refractivity contribution in [3.8, 4) is 0 Å². The number of hydrogen-bond donors (Lipinski definition) is 3. The van der Waals surface area contributed by atoms with Crippen molar-refractivity contribution in [3.05, 3.63) is 29.8 Å². The molecule has 0 aliphatic heterocycles. The molecular formula is C16H22N2O3. The highest BCUT2D eigenvalue weighted by Crippen LogP contribution is 2.24. The highest BCUT2D eigenvalue weighted by Gasteiger charge is 2.24. The molecule has 114 valence electrons. The monoisotopic (exact) mass is 290 g/mol. The fourth-order valence-corrected chi connectivity index (χ4v) is 2.70. The lowest BCUT2D eigenvalue weighted by atomic mass is 10.1. The molecule has 0 spiro atoms. The summed E-state index contributed by atoms with van der Waals surface area (Å²) in [5.41, 5.74) is 1.67. The number of amides is 2. The first-order valence-corrected chi connectivity index (χ1v) is 7.43. The second kappa shape index (κ2) is 7.11. The van der Waals surface area contributed by atoms with Crippen molar-refractivity contribution in [2.75, 3.05) is 5.32 Å². The van der Waals surface area contributed by atoms with E-state index in [1.165, 1.54) is 12.8 Å². The van der Waals surface area contributed by atoms with Crippen molar-refractivity contribution in [2.45, 2.75) is 45.1 Å². The number of carbonyl (C=O) groups excluding carboxylic acids is 1. The average molecular weight is 290 g/mol. The molecular weight excluding hydrogens is 268 g/mol. The topological polar surface area (TPSA) is 78.4 Å². The lowest BCUT2D eigenvalue weighted by Gasteiger charge is -2.17. The summed E-state index contributed by atoms with van der Waals surface area (Å²) in [7, 11) is 0. The Morgan fingerprint density at radius 2 is 1.95 bits per heavy atom. The Hall–Kier alpha value is -2.04. The molecule has 0 radical (unpaired) electrons. The maximum atomic E-state index is 11.9. The number of carboxylic acids is 1. The number of rotatable bonds is 5. The van der Waals surface area contributed by atoms with E-state index < -0.39 is 5.97 Å². The molecule has 1 aliphatic rings. The van der Waals surface area contributed by atoms with E-state index in [0.717, 1.165) is 17.7 Å². The van der Waals surface area contributed by atoms with Crippen LogP contribution in [-0.4, -0.2) is 23.1 Å². The van der Waals surface area contributed by atoms with E-state index in [2.05, 4.69) is 17.6 Å². The van der Waals surface area contributed by atoms with E-state index in [-0.39, 0.29) is 18.5 Å². The minimum atomic E-state index is -0.803. The maximum absolute atomic E-state index is 11.9. The van der Waals surface area contributed by atoms with Crippen molar-refractivity contribution in [1.29, 1.82) is 0 Å². The van der Waals surface area contributed by atoms with Crippen molar-refractivity contribution < 1.29 is 14.7 Å². The Labute approximate surface area is 124 Å². The third-order valence-corrected chi connectivity index (χ3v) is 4.02. The molecule has 1 saturated carbocycles. The smallest absolute Gasteiger partial charge is 0.319 e. The van der Waals surface area contributed by atoms with Gasteiger partial charge in [-0.05, 0) is 42.9 Å². The molecule has 1 aliphatic carbocycles. The summed E-state index contributed by atoms with van der Waals surface area (Å²) in [5, 5.41) is 14.5. The van der Waals surface area contributed by atoms with Crippen LogP contribution < -0.4 is 10.6 Å². The van der Waals surface area contributed by atoms with E-state index in [1.807, 2.05) is 12.1 Å². The van der Waals surface area contributed by atoms with Crippen molar-refractivity contribution in [3.63, 3.8) is 0 Å². The van der Waals surface area contributed by atoms with Crippen molar-refractivity contribution >= 4 is 17.7 Å². The molecule has 3 N–H and O–H groups in total. The molecule has 0 aromatic heterocycles. The maximum Gasteiger partial charge on any atom is 0.319 e. The fourth-order valence-electron chi connectivity index (χ4n) is 2.70. The summed E-state index contributed by atoms with van der Waals surface area (Å²) >= 11 is 0. The molecule has 1 fully saturated rings. The van der Waals surface area contributed by atoms with Gasteiger partial charge in [-0.15, -0.1) is 0 Å². The van der Waals surface area contributed by atoms with E-state index in [1.54, 1.807) is 12.1 Å². The van der Waals surface area contributed by atoms with Gasteiger partial charge >= 0.3 is 12.0 Å². The highest BCUT2D eigenvalue weighted by atomic mass is 16.4. The minimum absolute atomic E-state index is 0.118. The Balaban J connectivity index is 1.82. The number of carboxylic acid groups (broad SMARTS) is 1. The van der Waals surface area contributed by atoms with E-state index >= 15 is 0 Å². The van der Waals surface area contributed by atoms with Crippen LogP contribution in [0.25, 0.3) is 0 Å². The van der Waals surface area contributed by atoms with Crippen LogP contribution in [0.5, 0.6) is 0 Å². The van der Waals surface area contributed by atoms with Crippen LogP contribution in [0.2, 0.25) is 0 Å². The van der Waals surface area contributed by atoms with E-state index in [0.29, 0.717) is 12.3 Å². The molecule has 0 heterocycles. The number of urea groups is 1. The minimum Gasteiger partial charge on any atom is -0.481 e. The molecule has 5 nitrogen and oxygen atoms in total. The van der Waals surface area contributed by atoms with Crippen LogP contribution >= 0.6 is 0 Å². The Kier molecular flexibility index (Phi) is 5.20. The number of benzene rings is 1. The van der Waals surface area contributed by atoms with Gasteiger partial charge in [0.25, 0.3) is 0 Å². The molecule has 2 atom stereocenters. The van der Waals surface area contributed by atoms with Gasteiger partial charge in [0, 0.05) is 18.2 Å². The number of hydrogen-bond acceptors (Lipinski definition) is 2. The van der Waals surface area contributed by atoms with E-state index in [4.69, 9.17) is 5.11 Å². The van der Waals surface area contributed by atoms with Gasteiger partial charge in [-0.1, -0.05) is 25.5 Å². The number of aryl methyl sites for hydroxylation is 1. The van der Waals surface area contributed by atoms with Crippen molar-refractivity contribution in [1.82, 2.24) is 5.32 Å². The normalized spacial score (nSPS) is 21.0. The molecule has 0 bridgehead atoms. The zero-order valence-corrected chi connectivity index (χ0v) is 12.3. The van der Waals surface area contributed by atoms with Gasteiger partial charge in [-0.2, -0.15) is 0 Å². The third kappa shape index (κ3) is 4.77. The number of carbonyl (C=O) groups is 2. The first kappa shape index (κ1) is 15.4. The second-order valence-electron chi connectivity index (χ2n) is 5.70. The third-order valence-electron chi connectivity index (χ3n) is 4.02. The van der Waals surface area contributed by atoms with Gasteiger partial charge < -0.3 is 15.7 Å². The lowest BCUT2D eigenvalue weighted by molar-refractivity contribution is -0.136. The predicted molar refractivity (Wildman–Crippen MR) is 81.4 cm³/mol. The number of nitrogens with one attached hydrogen (secondary N) is 2. The van der Waals surface area contributed by atoms with Crippen LogP contribution in [-0.2, 0) is 11.2 Å². The largest absolute Gasteiger partial charge is 0.481 e. The summed E-state index contributed by atoms with van der Waals surface area (Å²) in [6.45, 7) is 2.16. The fraction of sp³-hybridized carbons (Fsp3) is 0.500. The zero-order valence-electron chi connectivity index (χ0n) is 12.3. The molecule has 2 rings (SSSR count). The Morgan fingerprint density at radius 1 is 1.24 bits per heavy atom. The molecule has 1 aromatic carbocycles. The van der Waals surface area contributed by atoms with Crippen LogP contribution in [0.3, 0.4) is 0 Å². The van der Waals surface area contributed by atoms with Gasteiger partial charge in [0.2, 0.25) is 0 Å². The Morgan fingerprint density at radius 3 is 2.52 bits per heavy atom. The average Bonchev–Trinajstić information content (AvgIpc) is 2.83. The van der Waals surface area contributed by atoms with Gasteiger partial charge in [0.15, 0.2) is 0 Å². The van der Waals surface area contributed by atoms with Crippen LogP contribution in [0.1, 0.15) is 38.2 Å². The number of aliphatic carboxylic acids is 1. The quantitative estimate of drug-likeness (QED) is 0.780. The standard InChI is InChI=1S/C16H22N2O3/c1-11-3-2-4-14(11)18-16(21)17-13-8-5-12(6-9-13)7-10-15(19)20/h5-6,8-9,11,14H,2-4,7,10H2,1H3,(H,19,20)(H2,17,18,21). The van der Waals surface area contributed by atoms with Gasteiger partial charge in [-0.25, -0.2) is 4.79 Å². The van der Waals surface area contributed by atoms with Gasteiger partial charge in [0.1, 0.15) is 0 Å². The van der Waals surface area contributed by atoms with Crippen LogP contribution in [0.4, 0.5) is 10.5 Å². The molecule has 0 saturated heterocycles. The van der Waals surface area contributed by atoms with Gasteiger partial charge in [-0.3, -0.25) is 4.79 Å². The second-order valence-corrected chi connectivity index (χ2v) is 5.70. The van der Waals surface area contributed by atoms with Crippen LogP contribution in [0.15, 0.2) is 24.3 Å². The lowest BCUT2D eigenvalue weighted by Crippen LogP contribution is -2.39. The molecule has 5 heteroatoms. The molecule has 2 amide bonds. The summed E-state index contributed by atoms with van der Waals surface area (Å²) in [5.74, 6) is -0.267. The zero-order chi connectivity index (χ0) is 15.2. The summed E-state index contributed by atoms with van der Waals surface area (Å²) in [6.07, 6.45) is 4.00. The van der Waals surface area contributed by atoms with Gasteiger partial charge in [0.05, 0.1) is 0 Å². The van der Waals surface area contributed by atoms with E-state index in [9.17, 15) is 9.59 Å². The number of anilines is 1. The summed E-state index contributed by atoms with van der Waals surface area (Å²) in [6, 6.07) is 7.38. The first-order chi connectivity index (χ1) is 10.0.